The molecule has 0 spiro atoms. The highest BCUT2D eigenvalue weighted by molar-refractivity contribution is 7.10. The van der Waals surface area contributed by atoms with E-state index in [2.05, 4.69) is 30.6 Å². The fourth-order valence-corrected chi connectivity index (χ4v) is 2.72. The average Bonchev–Trinajstić information content (AvgIpc) is 2.62. The van der Waals surface area contributed by atoms with Crippen molar-refractivity contribution in [1.29, 1.82) is 0 Å². The van der Waals surface area contributed by atoms with Crippen molar-refractivity contribution in [3.63, 3.8) is 0 Å². The normalized spacial score (nSPS) is 21.2. The van der Waals surface area contributed by atoms with Crippen molar-refractivity contribution in [3.05, 3.63) is 21.9 Å². The predicted octanol–water partition coefficient (Wildman–Crippen LogP) is 2.36. The SMILES string of the molecule is CC(C)OC[C@H]1NCCc2sccc21. The molecule has 1 atom stereocenters. The minimum atomic E-state index is 0.320. The minimum Gasteiger partial charge on any atom is -0.377 e. The molecule has 0 amide bonds. The summed E-state index contributed by atoms with van der Waals surface area (Å²) >= 11 is 1.87. The Morgan fingerprint density at radius 2 is 2.50 bits per heavy atom. The van der Waals surface area contributed by atoms with Crippen molar-refractivity contribution >= 4 is 11.3 Å². The van der Waals surface area contributed by atoms with Crippen LogP contribution < -0.4 is 5.32 Å². The topological polar surface area (TPSA) is 21.3 Å². The molecule has 3 heteroatoms. The van der Waals surface area contributed by atoms with Crippen molar-refractivity contribution in [1.82, 2.24) is 5.32 Å². The maximum atomic E-state index is 5.65. The van der Waals surface area contributed by atoms with Gasteiger partial charge in [-0.25, -0.2) is 0 Å². The van der Waals surface area contributed by atoms with Crippen LogP contribution in [0.1, 0.15) is 30.3 Å². The van der Waals surface area contributed by atoms with Crippen LogP contribution in [0.4, 0.5) is 0 Å². The molecule has 2 rings (SSSR count). The molecule has 1 N–H and O–H groups in total. The van der Waals surface area contributed by atoms with Gasteiger partial charge in [0.25, 0.3) is 0 Å². The lowest BCUT2D eigenvalue weighted by atomic mass is 10.0. The Hall–Kier alpha value is -0.380. The molecule has 0 unspecified atom stereocenters. The highest BCUT2D eigenvalue weighted by Gasteiger charge is 2.20. The molecule has 2 nitrogen and oxygen atoms in total. The van der Waals surface area contributed by atoms with E-state index in [1.54, 1.807) is 0 Å². The van der Waals surface area contributed by atoms with Crippen LogP contribution in [0.15, 0.2) is 11.4 Å². The molecule has 0 aromatic carbocycles. The van der Waals surface area contributed by atoms with Crippen LogP contribution in [0.3, 0.4) is 0 Å². The first-order valence-electron chi connectivity index (χ1n) is 5.18. The summed E-state index contributed by atoms with van der Waals surface area (Å²) < 4.78 is 5.65. The molecular formula is C11H17NOS. The van der Waals surface area contributed by atoms with Crippen LogP contribution in [-0.4, -0.2) is 19.3 Å². The van der Waals surface area contributed by atoms with Gasteiger partial charge in [-0.3, -0.25) is 0 Å². The number of nitrogens with one attached hydrogen (secondary N) is 1. The molecule has 2 heterocycles. The third-order valence-electron chi connectivity index (χ3n) is 2.49. The molecule has 1 aromatic rings. The molecule has 0 saturated heterocycles. The van der Waals surface area contributed by atoms with Gasteiger partial charge in [-0.05, 0) is 37.3 Å². The maximum Gasteiger partial charge on any atom is 0.0665 e. The van der Waals surface area contributed by atoms with Crippen molar-refractivity contribution in [2.75, 3.05) is 13.2 Å². The van der Waals surface area contributed by atoms with E-state index in [-0.39, 0.29) is 0 Å². The summed E-state index contributed by atoms with van der Waals surface area (Å²) in [4.78, 5) is 1.53. The minimum absolute atomic E-state index is 0.320. The molecule has 78 valence electrons. The Labute approximate surface area is 89.3 Å². The third-order valence-corrected chi connectivity index (χ3v) is 3.49. The quantitative estimate of drug-likeness (QED) is 0.828. The van der Waals surface area contributed by atoms with Gasteiger partial charge in [-0.2, -0.15) is 0 Å². The van der Waals surface area contributed by atoms with E-state index in [1.165, 1.54) is 16.9 Å². The molecule has 0 radical (unpaired) electrons. The summed E-state index contributed by atoms with van der Waals surface area (Å²) in [5, 5.41) is 5.68. The van der Waals surface area contributed by atoms with Gasteiger partial charge < -0.3 is 10.1 Å². The summed E-state index contributed by atoms with van der Waals surface area (Å²) in [5.41, 5.74) is 1.45. The smallest absolute Gasteiger partial charge is 0.0665 e. The fraction of sp³-hybridized carbons (Fsp3) is 0.636. The highest BCUT2D eigenvalue weighted by Crippen LogP contribution is 2.27. The fourth-order valence-electron chi connectivity index (χ4n) is 1.77. The lowest BCUT2D eigenvalue weighted by Gasteiger charge is -2.24. The number of hydrogen-bond acceptors (Lipinski definition) is 3. The summed E-state index contributed by atoms with van der Waals surface area (Å²) in [6, 6.07) is 2.63. The highest BCUT2D eigenvalue weighted by atomic mass is 32.1. The summed E-state index contributed by atoms with van der Waals surface area (Å²) in [6.07, 6.45) is 1.49. The van der Waals surface area contributed by atoms with E-state index in [4.69, 9.17) is 4.74 Å². The van der Waals surface area contributed by atoms with E-state index in [9.17, 15) is 0 Å². The maximum absolute atomic E-state index is 5.65. The van der Waals surface area contributed by atoms with E-state index >= 15 is 0 Å². The number of thiophene rings is 1. The molecule has 14 heavy (non-hydrogen) atoms. The van der Waals surface area contributed by atoms with Crippen molar-refractivity contribution in [2.45, 2.75) is 32.4 Å². The monoisotopic (exact) mass is 211 g/mol. The van der Waals surface area contributed by atoms with Crippen LogP contribution in [0.2, 0.25) is 0 Å². The number of ether oxygens (including phenoxy) is 1. The Morgan fingerprint density at radius 3 is 3.29 bits per heavy atom. The van der Waals surface area contributed by atoms with Gasteiger partial charge >= 0.3 is 0 Å². The molecule has 0 bridgehead atoms. The Kier molecular flexibility index (Phi) is 3.21. The van der Waals surface area contributed by atoms with Gasteiger partial charge in [-0.15, -0.1) is 11.3 Å². The second-order valence-electron chi connectivity index (χ2n) is 3.94. The Morgan fingerprint density at radius 1 is 1.64 bits per heavy atom. The first kappa shape index (κ1) is 10.1. The van der Waals surface area contributed by atoms with E-state index in [0.29, 0.717) is 12.1 Å². The zero-order chi connectivity index (χ0) is 9.97. The van der Waals surface area contributed by atoms with Crippen LogP contribution in [0, 0.1) is 0 Å². The van der Waals surface area contributed by atoms with Crippen molar-refractivity contribution in [2.24, 2.45) is 0 Å². The van der Waals surface area contributed by atoms with Crippen LogP contribution >= 0.6 is 11.3 Å². The van der Waals surface area contributed by atoms with Gasteiger partial charge in [0.1, 0.15) is 0 Å². The largest absolute Gasteiger partial charge is 0.377 e. The molecule has 0 aliphatic carbocycles. The van der Waals surface area contributed by atoms with Gasteiger partial charge in [0.05, 0.1) is 18.8 Å². The average molecular weight is 211 g/mol. The van der Waals surface area contributed by atoms with Gasteiger partial charge in [0, 0.05) is 11.4 Å². The first-order chi connectivity index (χ1) is 6.77. The van der Waals surface area contributed by atoms with E-state index in [1.807, 2.05) is 11.3 Å². The molecule has 1 aromatic heterocycles. The predicted molar refractivity (Wildman–Crippen MR) is 59.9 cm³/mol. The van der Waals surface area contributed by atoms with Gasteiger partial charge in [-0.1, -0.05) is 0 Å². The Bertz CT molecular complexity index is 295. The molecule has 0 fully saturated rings. The van der Waals surface area contributed by atoms with Gasteiger partial charge in [0.15, 0.2) is 0 Å². The molecular weight excluding hydrogens is 194 g/mol. The lowest BCUT2D eigenvalue weighted by molar-refractivity contribution is 0.0600. The summed E-state index contributed by atoms with van der Waals surface area (Å²) in [7, 11) is 0. The number of fused-ring (bicyclic) bond motifs is 1. The van der Waals surface area contributed by atoms with Crippen LogP contribution in [0.5, 0.6) is 0 Å². The van der Waals surface area contributed by atoms with Crippen LogP contribution in [0.25, 0.3) is 0 Å². The van der Waals surface area contributed by atoms with E-state index < -0.39 is 0 Å². The van der Waals surface area contributed by atoms with Gasteiger partial charge in [0.2, 0.25) is 0 Å². The number of rotatable bonds is 3. The molecule has 0 saturated carbocycles. The molecule has 1 aliphatic rings. The summed E-state index contributed by atoms with van der Waals surface area (Å²) in [5.74, 6) is 0. The second kappa shape index (κ2) is 4.43. The number of hydrogen-bond donors (Lipinski definition) is 1. The zero-order valence-corrected chi connectivity index (χ0v) is 9.56. The summed E-state index contributed by atoms with van der Waals surface area (Å²) in [6.45, 7) is 6.04. The van der Waals surface area contributed by atoms with Crippen molar-refractivity contribution < 1.29 is 4.74 Å². The Balaban J connectivity index is 2.01. The third kappa shape index (κ3) is 2.16. The molecule has 1 aliphatic heterocycles. The lowest BCUT2D eigenvalue weighted by Crippen LogP contribution is -2.32. The zero-order valence-electron chi connectivity index (χ0n) is 8.75. The standard InChI is InChI=1S/C11H17NOS/c1-8(2)13-7-10-9-4-6-14-11(9)3-5-12-10/h4,6,8,10,12H,3,5,7H2,1-2H3/t10-/m1/s1. The van der Waals surface area contributed by atoms with Crippen molar-refractivity contribution in [3.8, 4) is 0 Å². The van der Waals surface area contributed by atoms with E-state index in [0.717, 1.165) is 13.2 Å². The van der Waals surface area contributed by atoms with Crippen LogP contribution in [-0.2, 0) is 11.2 Å². The second-order valence-corrected chi connectivity index (χ2v) is 4.94. The first-order valence-corrected chi connectivity index (χ1v) is 6.06.